The molecule has 84 valence electrons. The van der Waals surface area contributed by atoms with Crippen molar-refractivity contribution in [2.75, 3.05) is 26.2 Å². The zero-order valence-corrected chi connectivity index (χ0v) is 9.80. The molecule has 1 aliphatic rings. The van der Waals surface area contributed by atoms with Crippen molar-refractivity contribution in [2.45, 2.75) is 25.8 Å². The van der Waals surface area contributed by atoms with Gasteiger partial charge in [-0.05, 0) is 57.0 Å². The van der Waals surface area contributed by atoms with Crippen LogP contribution in [0.25, 0.3) is 0 Å². The van der Waals surface area contributed by atoms with Crippen LogP contribution in [-0.4, -0.2) is 40.7 Å². The van der Waals surface area contributed by atoms with Crippen molar-refractivity contribution in [1.29, 1.82) is 0 Å². The Kier molecular flexibility index (Phi) is 4.50. The number of nitrogens with zero attached hydrogens (tertiary/aromatic N) is 3. The second kappa shape index (κ2) is 6.15. The van der Waals surface area contributed by atoms with Crippen LogP contribution in [-0.2, 0) is 6.54 Å². The second-order valence-electron chi connectivity index (χ2n) is 3.96. The van der Waals surface area contributed by atoms with Crippen molar-refractivity contribution in [3.8, 4) is 0 Å². The van der Waals surface area contributed by atoms with Crippen LogP contribution in [0.5, 0.6) is 0 Å². The smallest absolute Gasteiger partial charge is 0.0666 e. The average molecular weight is 226 g/mol. The minimum atomic E-state index is 0.914. The van der Waals surface area contributed by atoms with E-state index in [0.717, 1.165) is 13.1 Å². The first kappa shape index (κ1) is 11.0. The third kappa shape index (κ3) is 3.85. The van der Waals surface area contributed by atoms with Crippen LogP contribution in [0.3, 0.4) is 0 Å². The fourth-order valence-corrected chi connectivity index (χ4v) is 2.37. The molecule has 0 aromatic carbocycles. The number of hydrogen-bond acceptors (Lipinski definition) is 5. The first-order chi connectivity index (χ1) is 7.45. The van der Waals surface area contributed by atoms with Crippen molar-refractivity contribution >= 4 is 11.5 Å². The molecule has 5 heteroatoms. The average Bonchev–Trinajstić information content (AvgIpc) is 2.88. The van der Waals surface area contributed by atoms with E-state index in [1.165, 1.54) is 55.3 Å². The van der Waals surface area contributed by atoms with Gasteiger partial charge in [0.2, 0.25) is 0 Å². The highest BCUT2D eigenvalue weighted by Gasteiger charge is 2.09. The summed E-state index contributed by atoms with van der Waals surface area (Å²) in [6.45, 7) is 5.86. The highest BCUT2D eigenvalue weighted by molar-refractivity contribution is 7.05. The lowest BCUT2D eigenvalue weighted by atomic mass is 10.4. The van der Waals surface area contributed by atoms with Gasteiger partial charge in [-0.25, -0.2) is 0 Å². The van der Waals surface area contributed by atoms with Crippen LogP contribution in [0.1, 0.15) is 24.1 Å². The molecule has 0 saturated carbocycles. The summed E-state index contributed by atoms with van der Waals surface area (Å²) in [5.41, 5.74) is 0. The molecule has 0 amide bonds. The van der Waals surface area contributed by atoms with Gasteiger partial charge in [0.25, 0.3) is 0 Å². The summed E-state index contributed by atoms with van der Waals surface area (Å²) in [5, 5.41) is 7.22. The number of likely N-dealkylation sites (tertiary alicyclic amines) is 1. The Morgan fingerprint density at radius 1 is 1.40 bits per heavy atom. The van der Waals surface area contributed by atoms with Crippen LogP contribution in [0.4, 0.5) is 0 Å². The molecule has 0 spiro atoms. The Morgan fingerprint density at radius 3 is 3.00 bits per heavy atom. The Bertz CT molecular complexity index is 256. The van der Waals surface area contributed by atoms with Crippen LogP contribution < -0.4 is 5.32 Å². The van der Waals surface area contributed by atoms with Gasteiger partial charge in [-0.15, -0.1) is 5.10 Å². The fourth-order valence-electron chi connectivity index (χ4n) is 1.91. The monoisotopic (exact) mass is 226 g/mol. The largest absolute Gasteiger partial charge is 0.312 e. The van der Waals surface area contributed by atoms with Crippen LogP contribution >= 0.6 is 11.5 Å². The molecule has 0 unspecified atom stereocenters. The van der Waals surface area contributed by atoms with Gasteiger partial charge < -0.3 is 10.2 Å². The Labute approximate surface area is 94.8 Å². The lowest BCUT2D eigenvalue weighted by Gasteiger charge is -2.13. The van der Waals surface area contributed by atoms with Gasteiger partial charge in [0.05, 0.1) is 11.1 Å². The molecular formula is C10H18N4S. The summed E-state index contributed by atoms with van der Waals surface area (Å²) in [6.07, 6.45) is 5.85. The number of hydrogen-bond donors (Lipinski definition) is 1. The third-order valence-corrected chi connectivity index (χ3v) is 3.39. The molecule has 2 rings (SSSR count). The first-order valence-corrected chi connectivity index (χ1v) is 6.42. The molecule has 1 aliphatic heterocycles. The predicted octanol–water partition coefficient (Wildman–Crippen LogP) is 1.11. The molecule has 15 heavy (non-hydrogen) atoms. The van der Waals surface area contributed by atoms with Crippen molar-refractivity contribution in [3.63, 3.8) is 0 Å². The molecule has 0 radical (unpaired) electrons. The van der Waals surface area contributed by atoms with E-state index in [-0.39, 0.29) is 0 Å². The summed E-state index contributed by atoms with van der Waals surface area (Å²) in [4.78, 5) is 3.77. The highest BCUT2D eigenvalue weighted by atomic mass is 32.1. The van der Waals surface area contributed by atoms with Gasteiger partial charge in [0.15, 0.2) is 0 Å². The van der Waals surface area contributed by atoms with E-state index in [1.807, 2.05) is 6.20 Å². The Hall–Kier alpha value is -0.520. The van der Waals surface area contributed by atoms with Crippen molar-refractivity contribution in [1.82, 2.24) is 19.8 Å². The summed E-state index contributed by atoms with van der Waals surface area (Å²) < 4.78 is 3.83. The Morgan fingerprint density at radius 2 is 2.27 bits per heavy atom. The van der Waals surface area contributed by atoms with Gasteiger partial charge >= 0.3 is 0 Å². The van der Waals surface area contributed by atoms with Gasteiger partial charge in [-0.1, -0.05) is 4.49 Å². The van der Waals surface area contributed by atoms with Gasteiger partial charge in [0.1, 0.15) is 0 Å². The maximum atomic E-state index is 3.83. The zero-order valence-electron chi connectivity index (χ0n) is 8.98. The molecule has 1 aromatic rings. The van der Waals surface area contributed by atoms with Gasteiger partial charge in [-0.2, -0.15) is 0 Å². The lowest BCUT2D eigenvalue weighted by molar-refractivity contribution is 0.331. The fraction of sp³-hybridized carbons (Fsp3) is 0.800. The summed E-state index contributed by atoms with van der Waals surface area (Å²) in [7, 11) is 0. The minimum absolute atomic E-state index is 0.914. The normalized spacial score (nSPS) is 17.3. The molecular weight excluding hydrogens is 208 g/mol. The quantitative estimate of drug-likeness (QED) is 0.738. The molecule has 2 heterocycles. The third-order valence-electron chi connectivity index (χ3n) is 2.73. The molecule has 1 N–H and O–H groups in total. The SMILES string of the molecule is c1nnsc1CNCCCN1CCCC1. The molecule has 1 fully saturated rings. The predicted molar refractivity (Wildman–Crippen MR) is 61.9 cm³/mol. The van der Waals surface area contributed by atoms with Crippen molar-refractivity contribution in [2.24, 2.45) is 0 Å². The molecule has 0 atom stereocenters. The van der Waals surface area contributed by atoms with E-state index in [1.54, 1.807) is 0 Å². The van der Waals surface area contributed by atoms with E-state index in [9.17, 15) is 0 Å². The van der Waals surface area contributed by atoms with E-state index >= 15 is 0 Å². The van der Waals surface area contributed by atoms with E-state index < -0.39 is 0 Å². The first-order valence-electron chi connectivity index (χ1n) is 5.64. The standard InChI is InChI=1S/C10H18N4S/c1-2-6-14(5-1)7-3-4-11-8-10-9-12-13-15-10/h9,11H,1-8H2. The molecule has 0 aliphatic carbocycles. The summed E-state index contributed by atoms with van der Waals surface area (Å²) in [5.74, 6) is 0. The lowest BCUT2D eigenvalue weighted by Crippen LogP contribution is -2.24. The number of nitrogens with one attached hydrogen (secondary N) is 1. The molecule has 1 aromatic heterocycles. The molecule has 4 nitrogen and oxygen atoms in total. The van der Waals surface area contributed by atoms with Crippen LogP contribution in [0.15, 0.2) is 6.20 Å². The molecule has 1 saturated heterocycles. The van der Waals surface area contributed by atoms with Gasteiger partial charge in [-0.3, -0.25) is 0 Å². The maximum absolute atomic E-state index is 3.83. The second-order valence-corrected chi connectivity index (χ2v) is 4.83. The minimum Gasteiger partial charge on any atom is -0.312 e. The summed E-state index contributed by atoms with van der Waals surface area (Å²) >= 11 is 1.47. The van der Waals surface area contributed by atoms with E-state index in [4.69, 9.17) is 0 Å². The maximum Gasteiger partial charge on any atom is 0.0666 e. The molecule has 0 bridgehead atoms. The van der Waals surface area contributed by atoms with E-state index in [0.29, 0.717) is 0 Å². The van der Waals surface area contributed by atoms with Gasteiger partial charge in [0, 0.05) is 6.54 Å². The van der Waals surface area contributed by atoms with Crippen molar-refractivity contribution < 1.29 is 0 Å². The number of rotatable bonds is 6. The number of aromatic nitrogens is 2. The highest BCUT2D eigenvalue weighted by Crippen LogP contribution is 2.07. The summed E-state index contributed by atoms with van der Waals surface area (Å²) in [6, 6.07) is 0. The van der Waals surface area contributed by atoms with E-state index in [2.05, 4.69) is 19.8 Å². The van der Waals surface area contributed by atoms with Crippen LogP contribution in [0.2, 0.25) is 0 Å². The van der Waals surface area contributed by atoms with Crippen LogP contribution in [0, 0.1) is 0 Å². The van der Waals surface area contributed by atoms with Crippen molar-refractivity contribution in [3.05, 3.63) is 11.1 Å². The topological polar surface area (TPSA) is 41.1 Å². The Balaban J connectivity index is 1.48. The zero-order chi connectivity index (χ0) is 10.3.